The number of rotatable bonds is 4. The number of carbonyl (C=O) groups is 1. The maximum Gasteiger partial charge on any atom is 0.163 e. The number of nitrogens with two attached hydrogens (primary N) is 1. The van der Waals surface area contributed by atoms with E-state index in [4.69, 9.17) is 10.5 Å². The monoisotopic (exact) mass is 323 g/mol. The fraction of sp³-hybridized carbons (Fsp3) is 0.231. The number of ketones is 1. The molecule has 2 aromatic rings. The number of carbonyl (C=O) groups excluding carboxylic acids is 1. The van der Waals surface area contributed by atoms with Crippen molar-refractivity contribution in [1.82, 2.24) is 9.78 Å². The predicted molar refractivity (Wildman–Crippen MR) is 76.1 cm³/mol. The van der Waals surface area contributed by atoms with Crippen molar-refractivity contribution < 1.29 is 9.53 Å². The van der Waals surface area contributed by atoms with E-state index >= 15 is 0 Å². The lowest BCUT2D eigenvalue weighted by Crippen LogP contribution is -2.05. The van der Waals surface area contributed by atoms with Crippen LogP contribution >= 0.6 is 15.9 Å². The first-order valence-corrected chi connectivity index (χ1v) is 6.48. The topological polar surface area (TPSA) is 70.1 Å². The van der Waals surface area contributed by atoms with E-state index in [1.165, 1.54) is 6.92 Å². The van der Waals surface area contributed by atoms with Gasteiger partial charge in [0.15, 0.2) is 11.5 Å². The van der Waals surface area contributed by atoms with Crippen molar-refractivity contribution in [2.24, 2.45) is 7.05 Å². The Morgan fingerprint density at radius 2 is 2.26 bits per heavy atom. The number of nitrogen functional groups attached to an aromatic ring is 1. The normalized spacial score (nSPS) is 10.5. The maximum atomic E-state index is 11.6. The van der Waals surface area contributed by atoms with Gasteiger partial charge in [-0.2, -0.15) is 5.10 Å². The fourth-order valence-corrected chi connectivity index (χ4v) is 2.20. The minimum atomic E-state index is -0.0935. The summed E-state index contributed by atoms with van der Waals surface area (Å²) < 4.78 is 8.08. The third-order valence-corrected chi connectivity index (χ3v) is 3.05. The van der Waals surface area contributed by atoms with Crippen LogP contribution in [-0.2, 0) is 13.7 Å². The lowest BCUT2D eigenvalue weighted by atomic mass is 10.1. The standard InChI is InChI=1S/C13H14BrN3O2/c1-8(18)11-5-9(14)6-12(15)13(11)19-7-10-3-4-17(2)16-10/h3-6H,7,15H2,1-2H3. The van der Waals surface area contributed by atoms with Crippen molar-refractivity contribution in [1.29, 1.82) is 0 Å². The van der Waals surface area contributed by atoms with E-state index < -0.39 is 0 Å². The van der Waals surface area contributed by atoms with E-state index in [0.717, 1.165) is 10.2 Å². The molecule has 0 saturated carbocycles. The molecule has 0 unspecified atom stereocenters. The Morgan fingerprint density at radius 1 is 1.53 bits per heavy atom. The molecule has 2 rings (SSSR count). The maximum absolute atomic E-state index is 11.6. The molecule has 19 heavy (non-hydrogen) atoms. The number of nitrogens with zero attached hydrogens (tertiary/aromatic N) is 2. The molecule has 0 fully saturated rings. The van der Waals surface area contributed by atoms with E-state index in [1.54, 1.807) is 16.8 Å². The van der Waals surface area contributed by atoms with Gasteiger partial charge in [-0.25, -0.2) is 0 Å². The number of aryl methyl sites for hydroxylation is 1. The quantitative estimate of drug-likeness (QED) is 0.693. The van der Waals surface area contributed by atoms with E-state index in [-0.39, 0.29) is 12.4 Å². The van der Waals surface area contributed by atoms with Crippen LogP contribution in [0.2, 0.25) is 0 Å². The Bertz CT molecular complexity index is 622. The smallest absolute Gasteiger partial charge is 0.163 e. The highest BCUT2D eigenvalue weighted by Crippen LogP contribution is 2.31. The van der Waals surface area contributed by atoms with Crippen LogP contribution in [0.15, 0.2) is 28.9 Å². The Kier molecular flexibility index (Phi) is 3.90. The van der Waals surface area contributed by atoms with Gasteiger partial charge in [-0.15, -0.1) is 0 Å². The number of benzene rings is 1. The molecule has 0 spiro atoms. The number of ether oxygens (including phenoxy) is 1. The van der Waals surface area contributed by atoms with Crippen LogP contribution in [0.1, 0.15) is 23.0 Å². The summed E-state index contributed by atoms with van der Waals surface area (Å²) >= 11 is 3.31. The zero-order valence-corrected chi connectivity index (χ0v) is 12.3. The van der Waals surface area contributed by atoms with Crippen LogP contribution < -0.4 is 10.5 Å². The molecule has 1 aromatic carbocycles. The first-order valence-electron chi connectivity index (χ1n) is 5.68. The molecule has 0 aliphatic carbocycles. The average Bonchev–Trinajstić information content (AvgIpc) is 2.73. The summed E-state index contributed by atoms with van der Waals surface area (Å²) in [7, 11) is 1.83. The lowest BCUT2D eigenvalue weighted by molar-refractivity contribution is 0.101. The minimum Gasteiger partial charge on any atom is -0.484 e. The molecule has 2 N–H and O–H groups in total. The molecule has 0 atom stereocenters. The highest BCUT2D eigenvalue weighted by molar-refractivity contribution is 9.10. The first-order chi connectivity index (χ1) is 8.97. The number of halogens is 1. The molecule has 0 aliphatic rings. The third-order valence-electron chi connectivity index (χ3n) is 2.59. The number of anilines is 1. The van der Waals surface area contributed by atoms with Gasteiger partial charge in [-0.1, -0.05) is 15.9 Å². The first kappa shape index (κ1) is 13.6. The highest BCUT2D eigenvalue weighted by Gasteiger charge is 2.14. The highest BCUT2D eigenvalue weighted by atomic mass is 79.9. The third kappa shape index (κ3) is 3.14. The molecule has 5 nitrogen and oxygen atoms in total. The van der Waals surface area contributed by atoms with Crippen molar-refractivity contribution >= 4 is 27.4 Å². The summed E-state index contributed by atoms with van der Waals surface area (Å²) in [6.07, 6.45) is 1.83. The van der Waals surface area contributed by atoms with Gasteiger partial charge in [0, 0.05) is 17.7 Å². The molecule has 100 valence electrons. The molecule has 0 saturated heterocycles. The van der Waals surface area contributed by atoms with Crippen molar-refractivity contribution in [3.8, 4) is 5.75 Å². The average molecular weight is 324 g/mol. The van der Waals surface area contributed by atoms with Crippen LogP contribution in [0.25, 0.3) is 0 Å². The molecule has 0 bridgehead atoms. The summed E-state index contributed by atoms with van der Waals surface area (Å²) in [5.41, 5.74) is 7.56. The van der Waals surface area contributed by atoms with E-state index in [1.807, 2.05) is 19.3 Å². The van der Waals surface area contributed by atoms with Gasteiger partial charge in [0.1, 0.15) is 6.61 Å². The summed E-state index contributed by atoms with van der Waals surface area (Å²) in [5.74, 6) is 0.311. The molecular formula is C13H14BrN3O2. The van der Waals surface area contributed by atoms with E-state index in [9.17, 15) is 4.79 Å². The van der Waals surface area contributed by atoms with Crippen molar-refractivity contribution in [2.45, 2.75) is 13.5 Å². The number of hydrogen-bond donors (Lipinski definition) is 1. The van der Waals surface area contributed by atoms with Crippen LogP contribution in [0.5, 0.6) is 5.75 Å². The number of Topliss-reactive ketones (excluding diaryl/α,β-unsaturated/α-hetero) is 1. The molecule has 1 heterocycles. The van der Waals surface area contributed by atoms with Crippen molar-refractivity contribution in [3.05, 3.63) is 40.1 Å². The number of hydrogen-bond acceptors (Lipinski definition) is 4. The molecular weight excluding hydrogens is 310 g/mol. The van der Waals surface area contributed by atoms with Gasteiger partial charge in [0.25, 0.3) is 0 Å². The zero-order chi connectivity index (χ0) is 14.0. The van der Waals surface area contributed by atoms with Gasteiger partial charge in [0.05, 0.1) is 16.9 Å². The summed E-state index contributed by atoms with van der Waals surface area (Å²) in [6, 6.07) is 5.26. The Morgan fingerprint density at radius 3 is 2.84 bits per heavy atom. The van der Waals surface area contributed by atoms with E-state index in [0.29, 0.717) is 17.0 Å². The van der Waals surface area contributed by atoms with Crippen molar-refractivity contribution in [2.75, 3.05) is 5.73 Å². The van der Waals surface area contributed by atoms with E-state index in [2.05, 4.69) is 21.0 Å². The minimum absolute atomic E-state index is 0.0935. The SMILES string of the molecule is CC(=O)c1cc(Br)cc(N)c1OCc1ccn(C)n1. The summed E-state index contributed by atoms with van der Waals surface area (Å²) in [5, 5.41) is 4.20. The second kappa shape index (κ2) is 5.44. The summed E-state index contributed by atoms with van der Waals surface area (Å²) in [6.45, 7) is 1.75. The molecule has 6 heteroatoms. The largest absolute Gasteiger partial charge is 0.484 e. The Hall–Kier alpha value is -1.82. The summed E-state index contributed by atoms with van der Waals surface area (Å²) in [4.78, 5) is 11.6. The zero-order valence-electron chi connectivity index (χ0n) is 10.7. The van der Waals surface area contributed by atoms with Gasteiger partial charge in [-0.05, 0) is 25.1 Å². The van der Waals surface area contributed by atoms with Crippen LogP contribution in [0.3, 0.4) is 0 Å². The van der Waals surface area contributed by atoms with Gasteiger partial charge >= 0.3 is 0 Å². The Balaban J connectivity index is 2.26. The Labute approximate surface area is 119 Å². The van der Waals surface area contributed by atoms with Crippen LogP contribution in [0, 0.1) is 0 Å². The molecule has 1 aromatic heterocycles. The molecule has 0 radical (unpaired) electrons. The predicted octanol–water partition coefficient (Wildman–Crippen LogP) is 2.55. The fourth-order valence-electron chi connectivity index (χ4n) is 1.72. The van der Waals surface area contributed by atoms with Crippen LogP contribution in [0.4, 0.5) is 5.69 Å². The van der Waals surface area contributed by atoms with Crippen LogP contribution in [-0.4, -0.2) is 15.6 Å². The second-order valence-electron chi connectivity index (χ2n) is 4.20. The lowest BCUT2D eigenvalue weighted by Gasteiger charge is -2.12. The molecule has 0 aliphatic heterocycles. The van der Waals surface area contributed by atoms with Gasteiger partial charge < -0.3 is 10.5 Å². The van der Waals surface area contributed by atoms with Crippen molar-refractivity contribution in [3.63, 3.8) is 0 Å². The molecule has 0 amide bonds. The van der Waals surface area contributed by atoms with Gasteiger partial charge in [0.2, 0.25) is 0 Å². The second-order valence-corrected chi connectivity index (χ2v) is 5.11. The number of aromatic nitrogens is 2. The van der Waals surface area contributed by atoms with Gasteiger partial charge in [-0.3, -0.25) is 9.48 Å².